The molecule has 172 valence electrons. The van der Waals surface area contributed by atoms with Crippen molar-refractivity contribution in [3.63, 3.8) is 0 Å². The summed E-state index contributed by atoms with van der Waals surface area (Å²) in [5.41, 5.74) is 6.16. The van der Waals surface area contributed by atoms with Gasteiger partial charge in [0.1, 0.15) is 5.82 Å². The Morgan fingerprint density at radius 3 is 2.53 bits per heavy atom. The Balaban J connectivity index is 2.08. The van der Waals surface area contributed by atoms with Gasteiger partial charge >= 0.3 is 5.97 Å². The summed E-state index contributed by atoms with van der Waals surface area (Å²) in [5.74, 6) is -1.94. The predicted octanol–water partition coefficient (Wildman–Crippen LogP) is 4.88. The fourth-order valence-electron chi connectivity index (χ4n) is 4.20. The molecule has 0 spiro atoms. The maximum absolute atomic E-state index is 14.8. The van der Waals surface area contributed by atoms with E-state index in [0.717, 1.165) is 6.07 Å². The summed E-state index contributed by atoms with van der Waals surface area (Å²) in [7, 11) is 1.24. The Morgan fingerprint density at radius 1 is 1.31 bits per heavy atom. The molecule has 0 saturated carbocycles. The number of fused-ring (bicyclic) bond motifs is 1. The van der Waals surface area contributed by atoms with Gasteiger partial charge in [0.25, 0.3) is 5.91 Å². The van der Waals surface area contributed by atoms with Crippen molar-refractivity contribution in [3.05, 3.63) is 61.9 Å². The lowest BCUT2D eigenvalue weighted by Gasteiger charge is -2.38. The molecule has 3 rings (SSSR count). The van der Waals surface area contributed by atoms with E-state index in [1.807, 2.05) is 6.92 Å². The highest BCUT2D eigenvalue weighted by Crippen LogP contribution is 2.41. The highest BCUT2D eigenvalue weighted by Gasteiger charge is 2.35. The predicted molar refractivity (Wildman–Crippen MR) is 122 cm³/mol. The molecule has 3 N–H and O–H groups in total. The summed E-state index contributed by atoms with van der Waals surface area (Å²) in [6, 6.07) is 3.53. The van der Waals surface area contributed by atoms with Crippen LogP contribution >= 0.6 is 23.2 Å². The number of rotatable bonds is 4. The molecule has 0 saturated heterocycles. The van der Waals surface area contributed by atoms with Crippen LogP contribution in [0.2, 0.25) is 10.0 Å². The van der Waals surface area contributed by atoms with Crippen molar-refractivity contribution in [3.8, 4) is 0 Å². The molecule has 1 unspecified atom stereocenters. The van der Waals surface area contributed by atoms with Gasteiger partial charge in [-0.25, -0.2) is 9.18 Å². The van der Waals surface area contributed by atoms with E-state index in [1.165, 1.54) is 27.0 Å². The zero-order valence-electron chi connectivity index (χ0n) is 18.3. The maximum Gasteiger partial charge on any atom is 0.340 e. The molecule has 0 aliphatic carbocycles. The van der Waals surface area contributed by atoms with Gasteiger partial charge in [-0.15, -0.1) is 0 Å². The maximum atomic E-state index is 14.8. The van der Waals surface area contributed by atoms with E-state index in [4.69, 9.17) is 33.7 Å². The van der Waals surface area contributed by atoms with E-state index >= 15 is 0 Å². The Bertz CT molecular complexity index is 1100. The highest BCUT2D eigenvalue weighted by molar-refractivity contribution is 6.40. The number of halogens is 3. The standard InChI is InChI=1S/C23H25Cl2FN2O4/c1-5-18-12-9-15(24)19(22(30)32-4)20(25)11(12)6-7-28(18)21(29)13-8-14(23(2,3)31)17(27)10-16(13)26/h8-10,18,31H,5-7,27H2,1-4H3. The molecule has 0 aromatic heterocycles. The molecule has 6 nitrogen and oxygen atoms in total. The number of benzene rings is 2. The average molecular weight is 483 g/mol. The molecular formula is C23H25Cl2FN2O4. The summed E-state index contributed by atoms with van der Waals surface area (Å²) in [6.45, 7) is 5.17. The van der Waals surface area contributed by atoms with Crippen molar-refractivity contribution in [2.24, 2.45) is 0 Å². The minimum atomic E-state index is -1.35. The smallest absolute Gasteiger partial charge is 0.340 e. The second-order valence-corrected chi connectivity index (χ2v) is 9.04. The first kappa shape index (κ1) is 24.3. The van der Waals surface area contributed by atoms with Gasteiger partial charge in [0.2, 0.25) is 0 Å². The number of anilines is 1. The summed E-state index contributed by atoms with van der Waals surface area (Å²) in [6.07, 6.45) is 0.865. The lowest BCUT2D eigenvalue weighted by molar-refractivity contribution is 0.0595. The molecule has 1 aliphatic rings. The molecule has 9 heteroatoms. The van der Waals surface area contributed by atoms with Crippen LogP contribution in [0.3, 0.4) is 0 Å². The first-order valence-corrected chi connectivity index (χ1v) is 10.9. The molecule has 2 aromatic rings. The quantitative estimate of drug-likeness (QED) is 0.478. The Kier molecular flexibility index (Phi) is 6.75. The molecular weight excluding hydrogens is 458 g/mol. The van der Waals surface area contributed by atoms with Gasteiger partial charge in [-0.1, -0.05) is 30.1 Å². The van der Waals surface area contributed by atoms with E-state index in [2.05, 4.69) is 0 Å². The van der Waals surface area contributed by atoms with Gasteiger partial charge in [0.15, 0.2) is 0 Å². The van der Waals surface area contributed by atoms with Gasteiger partial charge in [-0.3, -0.25) is 4.79 Å². The van der Waals surface area contributed by atoms with E-state index in [-0.39, 0.29) is 39.0 Å². The topological polar surface area (TPSA) is 92.9 Å². The molecule has 1 atom stereocenters. The van der Waals surface area contributed by atoms with Crippen LogP contribution in [-0.2, 0) is 16.8 Å². The molecule has 0 radical (unpaired) electrons. The number of nitrogens with two attached hydrogens (primary N) is 1. The van der Waals surface area contributed by atoms with Crippen molar-refractivity contribution < 1.29 is 23.8 Å². The van der Waals surface area contributed by atoms with Crippen molar-refractivity contribution in [2.45, 2.75) is 45.3 Å². The Hall–Kier alpha value is -2.35. The number of ether oxygens (including phenoxy) is 1. The first-order valence-electron chi connectivity index (χ1n) is 10.1. The van der Waals surface area contributed by atoms with Gasteiger partial charge in [-0.2, -0.15) is 0 Å². The van der Waals surface area contributed by atoms with Crippen LogP contribution in [0.1, 0.15) is 70.6 Å². The van der Waals surface area contributed by atoms with Crippen molar-refractivity contribution in [1.29, 1.82) is 0 Å². The number of esters is 1. The fourth-order valence-corrected chi connectivity index (χ4v) is 4.92. The number of carbonyl (C=O) groups excluding carboxylic acids is 2. The third-order valence-electron chi connectivity index (χ3n) is 5.76. The SMILES string of the molecule is CCC1c2cc(Cl)c(C(=O)OC)c(Cl)c2CCN1C(=O)c1cc(C(C)(C)O)c(N)cc1F. The van der Waals surface area contributed by atoms with E-state index in [9.17, 15) is 19.1 Å². The molecule has 1 amide bonds. The van der Waals surface area contributed by atoms with Crippen molar-refractivity contribution >= 4 is 40.8 Å². The van der Waals surface area contributed by atoms with Crippen molar-refractivity contribution in [1.82, 2.24) is 4.90 Å². The number of nitrogen functional groups attached to an aromatic ring is 1. The number of aliphatic hydroxyl groups is 1. The van der Waals surface area contributed by atoms with Crippen molar-refractivity contribution in [2.75, 3.05) is 19.4 Å². The number of methoxy groups -OCH3 is 1. The summed E-state index contributed by atoms with van der Waals surface area (Å²) in [4.78, 5) is 27.1. The van der Waals surface area contributed by atoms with Crippen LogP contribution in [-0.4, -0.2) is 35.5 Å². The second-order valence-electron chi connectivity index (χ2n) is 8.26. The summed E-state index contributed by atoms with van der Waals surface area (Å²) in [5, 5.41) is 10.7. The molecule has 0 bridgehead atoms. The molecule has 1 aliphatic heterocycles. The number of hydrogen-bond acceptors (Lipinski definition) is 5. The van der Waals surface area contributed by atoms with Crippen LogP contribution < -0.4 is 5.73 Å². The molecule has 2 aromatic carbocycles. The summed E-state index contributed by atoms with van der Waals surface area (Å²) >= 11 is 12.8. The van der Waals surface area contributed by atoms with Crippen LogP contribution in [0.25, 0.3) is 0 Å². The summed E-state index contributed by atoms with van der Waals surface area (Å²) < 4.78 is 19.5. The normalized spacial score (nSPS) is 16.0. The first-order chi connectivity index (χ1) is 14.9. The van der Waals surface area contributed by atoms with Crippen LogP contribution in [0.15, 0.2) is 18.2 Å². The zero-order valence-corrected chi connectivity index (χ0v) is 19.8. The molecule has 32 heavy (non-hydrogen) atoms. The van der Waals surface area contributed by atoms with Crippen LogP contribution in [0.5, 0.6) is 0 Å². The van der Waals surface area contributed by atoms with Crippen LogP contribution in [0.4, 0.5) is 10.1 Å². The number of hydrogen-bond donors (Lipinski definition) is 2. The van der Waals surface area contributed by atoms with Gasteiger partial charge < -0.3 is 20.5 Å². The minimum absolute atomic E-state index is 0.0662. The molecule has 1 heterocycles. The number of carbonyl (C=O) groups is 2. The molecule has 0 fully saturated rings. The van der Waals surface area contributed by atoms with Gasteiger partial charge in [-0.05, 0) is 56.0 Å². The highest BCUT2D eigenvalue weighted by atomic mass is 35.5. The Labute approximate surface area is 196 Å². The average Bonchev–Trinajstić information content (AvgIpc) is 2.71. The fraction of sp³-hybridized carbons (Fsp3) is 0.391. The lowest BCUT2D eigenvalue weighted by Crippen LogP contribution is -2.40. The monoisotopic (exact) mass is 482 g/mol. The third kappa shape index (κ3) is 4.17. The van der Waals surface area contributed by atoms with Gasteiger partial charge in [0.05, 0.1) is 39.9 Å². The number of amides is 1. The minimum Gasteiger partial charge on any atom is -0.465 e. The Morgan fingerprint density at radius 2 is 1.97 bits per heavy atom. The second kappa shape index (κ2) is 8.89. The zero-order chi connectivity index (χ0) is 24.0. The van der Waals surface area contributed by atoms with E-state index in [1.54, 1.807) is 11.0 Å². The van der Waals surface area contributed by atoms with Crippen LogP contribution in [0, 0.1) is 5.82 Å². The van der Waals surface area contributed by atoms with Gasteiger partial charge in [0, 0.05) is 17.8 Å². The van der Waals surface area contributed by atoms with E-state index < -0.39 is 29.3 Å². The number of nitrogens with zero attached hydrogens (tertiary/aromatic N) is 1. The lowest BCUT2D eigenvalue weighted by atomic mass is 9.88. The van der Waals surface area contributed by atoms with E-state index in [0.29, 0.717) is 24.0 Å². The largest absolute Gasteiger partial charge is 0.465 e. The third-order valence-corrected chi connectivity index (χ3v) is 6.47.